The number of methoxy groups -OCH3 is 1. The molecule has 4 rings (SSSR count). The van der Waals surface area contributed by atoms with Crippen molar-refractivity contribution in [3.8, 4) is 11.5 Å². The zero-order valence-corrected chi connectivity index (χ0v) is 15.8. The molecule has 0 radical (unpaired) electrons. The van der Waals surface area contributed by atoms with Gasteiger partial charge in [-0.3, -0.25) is 0 Å². The van der Waals surface area contributed by atoms with Gasteiger partial charge in [-0.25, -0.2) is 9.03 Å². The maximum Gasteiger partial charge on any atom is 0.330 e. The van der Waals surface area contributed by atoms with Crippen molar-refractivity contribution in [1.29, 1.82) is 0 Å². The summed E-state index contributed by atoms with van der Waals surface area (Å²) in [6, 6.07) is 18.5. The molecule has 1 heterocycles. The van der Waals surface area contributed by atoms with Crippen LogP contribution in [0, 0.1) is 0 Å². The topological polar surface area (TPSA) is 88.1 Å². The largest absolute Gasteiger partial charge is 0.497 e. The van der Waals surface area contributed by atoms with Gasteiger partial charge in [0.1, 0.15) is 23.8 Å². The van der Waals surface area contributed by atoms with Gasteiger partial charge in [0, 0.05) is 0 Å². The molecule has 1 aliphatic heterocycles. The van der Waals surface area contributed by atoms with E-state index >= 15 is 0 Å². The van der Waals surface area contributed by atoms with Crippen LogP contribution >= 0.6 is 0 Å². The number of benzene rings is 3. The smallest absolute Gasteiger partial charge is 0.330 e. The van der Waals surface area contributed by atoms with Gasteiger partial charge in [-0.1, -0.05) is 36.4 Å². The van der Waals surface area contributed by atoms with E-state index in [2.05, 4.69) is 0 Å². The molecule has 0 fully saturated rings. The number of fused-ring (bicyclic) bond motifs is 1. The SMILES string of the molecule is COc1ccc2cc(OCc3ccccc3)c(N3C=C(O)NS3(=O)=O)cc2c1. The van der Waals surface area contributed by atoms with Crippen molar-refractivity contribution in [2.75, 3.05) is 11.4 Å². The van der Waals surface area contributed by atoms with E-state index in [0.29, 0.717) is 11.5 Å². The molecule has 0 unspecified atom stereocenters. The zero-order valence-electron chi connectivity index (χ0n) is 15.0. The molecule has 2 N–H and O–H groups in total. The van der Waals surface area contributed by atoms with E-state index < -0.39 is 16.1 Å². The lowest BCUT2D eigenvalue weighted by molar-refractivity contribution is 0.308. The van der Waals surface area contributed by atoms with Crippen molar-refractivity contribution in [2.24, 2.45) is 0 Å². The molecule has 28 heavy (non-hydrogen) atoms. The predicted octanol–water partition coefficient (Wildman–Crippen LogP) is 3.44. The molecule has 1 aliphatic rings. The minimum absolute atomic E-state index is 0.270. The summed E-state index contributed by atoms with van der Waals surface area (Å²) in [5.74, 6) is 0.565. The molecule has 7 nitrogen and oxygen atoms in total. The molecule has 0 saturated heterocycles. The highest BCUT2D eigenvalue weighted by Gasteiger charge is 2.31. The molecule has 0 aromatic heterocycles. The van der Waals surface area contributed by atoms with Crippen molar-refractivity contribution >= 4 is 26.7 Å². The van der Waals surface area contributed by atoms with Crippen LogP contribution in [0.25, 0.3) is 10.8 Å². The van der Waals surface area contributed by atoms with Crippen molar-refractivity contribution in [2.45, 2.75) is 6.61 Å². The van der Waals surface area contributed by atoms with Crippen molar-refractivity contribution < 1.29 is 23.0 Å². The van der Waals surface area contributed by atoms with E-state index in [1.165, 1.54) is 0 Å². The molecule has 0 spiro atoms. The Morgan fingerprint density at radius 1 is 1.04 bits per heavy atom. The minimum Gasteiger partial charge on any atom is -0.497 e. The third-order valence-corrected chi connectivity index (χ3v) is 5.62. The van der Waals surface area contributed by atoms with E-state index in [0.717, 1.165) is 26.8 Å². The summed E-state index contributed by atoms with van der Waals surface area (Å²) in [6.45, 7) is 0.270. The second-order valence-corrected chi connectivity index (χ2v) is 7.77. The Bertz CT molecular complexity index is 1160. The Morgan fingerprint density at radius 2 is 1.82 bits per heavy atom. The molecular formula is C20H18N2O5S. The van der Waals surface area contributed by atoms with E-state index in [9.17, 15) is 13.5 Å². The Morgan fingerprint density at radius 3 is 2.50 bits per heavy atom. The van der Waals surface area contributed by atoms with E-state index in [1.807, 2.05) is 47.2 Å². The highest BCUT2D eigenvalue weighted by atomic mass is 32.2. The summed E-state index contributed by atoms with van der Waals surface area (Å²) in [7, 11) is -2.39. The number of nitrogens with zero attached hydrogens (tertiary/aromatic N) is 1. The van der Waals surface area contributed by atoms with Gasteiger partial charge < -0.3 is 14.6 Å². The Labute approximate surface area is 162 Å². The number of hydrogen-bond acceptors (Lipinski definition) is 5. The van der Waals surface area contributed by atoms with Crippen LogP contribution < -0.4 is 18.5 Å². The lowest BCUT2D eigenvalue weighted by atomic mass is 10.1. The Hall–Kier alpha value is -3.39. The molecule has 0 amide bonds. The predicted molar refractivity (Wildman–Crippen MR) is 107 cm³/mol. The Kier molecular flexibility index (Phi) is 4.48. The van der Waals surface area contributed by atoms with Crippen molar-refractivity contribution in [3.63, 3.8) is 0 Å². The summed E-state index contributed by atoms with van der Waals surface area (Å²) < 4.78 is 39.0. The number of hydrogen-bond donors (Lipinski definition) is 2. The molecule has 3 aromatic rings. The molecular weight excluding hydrogens is 380 g/mol. The lowest BCUT2D eigenvalue weighted by Gasteiger charge is -2.19. The first kappa shape index (κ1) is 18.0. The van der Waals surface area contributed by atoms with Crippen molar-refractivity contribution in [1.82, 2.24) is 4.72 Å². The van der Waals surface area contributed by atoms with Gasteiger partial charge in [0.25, 0.3) is 0 Å². The first-order chi connectivity index (χ1) is 13.5. The molecule has 0 atom stereocenters. The second-order valence-electron chi connectivity index (χ2n) is 6.22. The van der Waals surface area contributed by atoms with Crippen LogP contribution in [0.4, 0.5) is 5.69 Å². The lowest BCUT2D eigenvalue weighted by Crippen LogP contribution is -2.29. The molecule has 3 aromatic carbocycles. The van der Waals surface area contributed by atoms with Crippen LogP contribution in [0.5, 0.6) is 11.5 Å². The number of rotatable bonds is 5. The van der Waals surface area contributed by atoms with Gasteiger partial charge >= 0.3 is 10.2 Å². The normalized spacial score (nSPS) is 15.2. The Balaban J connectivity index is 1.81. The molecule has 0 saturated carbocycles. The van der Waals surface area contributed by atoms with Crippen LogP contribution in [-0.2, 0) is 16.8 Å². The third-order valence-electron chi connectivity index (χ3n) is 4.33. The fourth-order valence-electron chi connectivity index (χ4n) is 2.98. The van der Waals surface area contributed by atoms with Crippen LogP contribution in [0.2, 0.25) is 0 Å². The van der Waals surface area contributed by atoms with E-state index in [1.54, 1.807) is 25.3 Å². The van der Waals surface area contributed by atoms with Crippen LogP contribution in [0.1, 0.15) is 5.56 Å². The fraction of sp³-hybridized carbons (Fsp3) is 0.100. The summed E-state index contributed by atoms with van der Waals surface area (Å²) in [6.07, 6.45) is 1.10. The summed E-state index contributed by atoms with van der Waals surface area (Å²) >= 11 is 0. The van der Waals surface area contributed by atoms with Gasteiger partial charge in [0.2, 0.25) is 5.88 Å². The van der Waals surface area contributed by atoms with Gasteiger partial charge in [-0.15, -0.1) is 0 Å². The molecule has 8 heteroatoms. The number of aliphatic hydroxyl groups is 1. The highest BCUT2D eigenvalue weighted by Crippen LogP contribution is 2.38. The first-order valence-electron chi connectivity index (χ1n) is 8.48. The summed E-state index contributed by atoms with van der Waals surface area (Å²) in [5, 5.41) is 11.3. The second kappa shape index (κ2) is 6.97. The minimum atomic E-state index is -3.95. The quantitative estimate of drug-likeness (QED) is 0.687. The van der Waals surface area contributed by atoms with Gasteiger partial charge in [0.15, 0.2) is 0 Å². The third kappa shape index (κ3) is 3.41. The number of aliphatic hydroxyl groups excluding tert-OH is 1. The standard InChI is InChI=1S/C20H18N2O5S/c1-26-17-8-7-15-11-19(27-13-14-5-3-2-4-6-14)18(10-16(15)9-17)22-12-20(23)21-28(22,24)25/h2-12,21,23H,13H2,1H3. The van der Waals surface area contributed by atoms with Crippen LogP contribution in [0.15, 0.2) is 72.7 Å². The number of nitrogens with one attached hydrogen (secondary N) is 1. The highest BCUT2D eigenvalue weighted by molar-refractivity contribution is 7.91. The fourth-order valence-corrected chi connectivity index (χ4v) is 4.04. The first-order valence-corrected chi connectivity index (χ1v) is 9.92. The van der Waals surface area contributed by atoms with Crippen LogP contribution in [0.3, 0.4) is 0 Å². The van der Waals surface area contributed by atoms with Crippen molar-refractivity contribution in [3.05, 3.63) is 78.3 Å². The zero-order chi connectivity index (χ0) is 19.7. The summed E-state index contributed by atoms with van der Waals surface area (Å²) in [4.78, 5) is 0. The monoisotopic (exact) mass is 398 g/mol. The summed E-state index contributed by atoms with van der Waals surface area (Å²) in [5.41, 5.74) is 1.23. The van der Waals surface area contributed by atoms with Crippen LogP contribution in [-0.4, -0.2) is 20.6 Å². The van der Waals surface area contributed by atoms with Gasteiger partial charge in [-0.2, -0.15) is 8.42 Å². The number of ether oxygens (including phenoxy) is 2. The average Bonchev–Trinajstić information content (AvgIpc) is 2.97. The molecule has 144 valence electrons. The molecule has 0 bridgehead atoms. The maximum atomic E-state index is 12.4. The number of anilines is 1. The van der Waals surface area contributed by atoms with E-state index in [-0.39, 0.29) is 12.3 Å². The maximum absolute atomic E-state index is 12.4. The van der Waals surface area contributed by atoms with Gasteiger partial charge in [-0.05, 0) is 40.6 Å². The van der Waals surface area contributed by atoms with E-state index in [4.69, 9.17) is 9.47 Å². The molecule has 0 aliphatic carbocycles. The average molecular weight is 398 g/mol. The van der Waals surface area contributed by atoms with Gasteiger partial charge in [0.05, 0.1) is 13.3 Å².